The van der Waals surface area contributed by atoms with E-state index in [1.54, 1.807) is 6.92 Å². The van der Waals surface area contributed by atoms with Gasteiger partial charge in [0, 0.05) is 6.92 Å². The van der Waals surface area contributed by atoms with Crippen molar-refractivity contribution in [2.75, 3.05) is 0 Å². The molecule has 0 spiro atoms. The van der Waals surface area contributed by atoms with E-state index in [-0.39, 0.29) is 12.0 Å². The summed E-state index contributed by atoms with van der Waals surface area (Å²) in [6.07, 6.45) is -2.69. The van der Waals surface area contributed by atoms with Gasteiger partial charge in [0.1, 0.15) is 12.2 Å². The van der Waals surface area contributed by atoms with E-state index in [2.05, 4.69) is 5.32 Å². The number of amides is 1. The third-order valence-electron chi connectivity index (χ3n) is 3.17. The third kappa shape index (κ3) is 5.83. The highest BCUT2D eigenvalue weighted by Gasteiger charge is 2.48. The maximum Gasteiger partial charge on any atom is 0.217 e. The van der Waals surface area contributed by atoms with Crippen molar-refractivity contribution < 1.29 is 24.1 Å². The van der Waals surface area contributed by atoms with Gasteiger partial charge in [0.15, 0.2) is 6.29 Å². The molecule has 2 N–H and O–H groups in total. The van der Waals surface area contributed by atoms with E-state index in [0.717, 1.165) is 0 Å². The Balaban J connectivity index is 3.10. The van der Waals surface area contributed by atoms with E-state index in [4.69, 9.17) is 14.2 Å². The molecule has 0 radical (unpaired) electrons. The first kappa shape index (κ1) is 19.4. The van der Waals surface area contributed by atoms with Crippen molar-refractivity contribution in [2.45, 2.75) is 97.2 Å². The molecule has 5 unspecified atom stereocenters. The molecule has 0 aliphatic carbocycles. The Labute approximate surface area is 133 Å². The van der Waals surface area contributed by atoms with Crippen molar-refractivity contribution in [1.29, 1.82) is 0 Å². The van der Waals surface area contributed by atoms with Crippen LogP contribution in [0.4, 0.5) is 0 Å². The molecule has 0 aromatic heterocycles. The van der Waals surface area contributed by atoms with Crippen LogP contribution < -0.4 is 5.32 Å². The summed E-state index contributed by atoms with van der Waals surface area (Å²) >= 11 is 0. The lowest BCUT2D eigenvalue weighted by molar-refractivity contribution is -0.301. The van der Waals surface area contributed by atoms with Crippen molar-refractivity contribution in [1.82, 2.24) is 5.32 Å². The van der Waals surface area contributed by atoms with E-state index >= 15 is 0 Å². The van der Waals surface area contributed by atoms with Crippen molar-refractivity contribution in [3.05, 3.63) is 0 Å². The fraction of sp³-hybridized carbons (Fsp3) is 0.938. The van der Waals surface area contributed by atoms with Gasteiger partial charge in [-0.3, -0.25) is 4.79 Å². The fourth-order valence-electron chi connectivity index (χ4n) is 2.53. The summed E-state index contributed by atoms with van der Waals surface area (Å²) in [5, 5.41) is 13.1. The van der Waals surface area contributed by atoms with Crippen LogP contribution in [0, 0.1) is 0 Å². The van der Waals surface area contributed by atoms with E-state index < -0.39 is 35.7 Å². The number of carbonyl (C=O) groups is 1. The lowest BCUT2D eigenvalue weighted by Crippen LogP contribution is -2.65. The molecule has 0 aromatic rings. The Kier molecular flexibility index (Phi) is 6.01. The van der Waals surface area contributed by atoms with Crippen molar-refractivity contribution in [2.24, 2.45) is 0 Å². The maximum atomic E-state index is 11.5. The molecule has 1 saturated heterocycles. The first-order valence-electron chi connectivity index (χ1n) is 7.76. The van der Waals surface area contributed by atoms with Crippen LogP contribution in [-0.2, 0) is 19.0 Å². The summed E-state index contributed by atoms with van der Waals surface area (Å²) in [5.41, 5.74) is -0.923. The first-order valence-corrected chi connectivity index (χ1v) is 7.76. The van der Waals surface area contributed by atoms with Gasteiger partial charge in [-0.1, -0.05) is 0 Å². The highest BCUT2D eigenvalue weighted by molar-refractivity contribution is 5.73. The summed E-state index contributed by atoms with van der Waals surface area (Å²) < 4.78 is 17.6. The lowest BCUT2D eigenvalue weighted by atomic mass is 9.94. The monoisotopic (exact) mass is 317 g/mol. The zero-order chi connectivity index (χ0) is 17.3. The Morgan fingerprint density at radius 1 is 1.05 bits per heavy atom. The Morgan fingerprint density at radius 3 is 1.91 bits per heavy atom. The van der Waals surface area contributed by atoms with Gasteiger partial charge in [0.05, 0.1) is 23.3 Å². The fourth-order valence-corrected chi connectivity index (χ4v) is 2.53. The lowest BCUT2D eigenvalue weighted by Gasteiger charge is -2.47. The number of aliphatic hydroxyl groups is 1. The van der Waals surface area contributed by atoms with E-state index in [0.29, 0.717) is 0 Å². The van der Waals surface area contributed by atoms with Gasteiger partial charge >= 0.3 is 0 Å². The van der Waals surface area contributed by atoms with Crippen LogP contribution in [-0.4, -0.2) is 52.9 Å². The minimum Gasteiger partial charge on any atom is -0.367 e. The summed E-state index contributed by atoms with van der Waals surface area (Å²) in [6.45, 7) is 14.7. The zero-order valence-electron chi connectivity index (χ0n) is 15.0. The van der Waals surface area contributed by atoms with Gasteiger partial charge in [0.25, 0.3) is 0 Å². The summed E-state index contributed by atoms with van der Waals surface area (Å²) in [4.78, 5) is 11.5. The van der Waals surface area contributed by atoms with E-state index in [1.807, 2.05) is 41.5 Å². The number of aliphatic hydroxyl groups excluding tert-OH is 1. The van der Waals surface area contributed by atoms with Crippen LogP contribution in [0.5, 0.6) is 0 Å². The van der Waals surface area contributed by atoms with Crippen LogP contribution in [0.15, 0.2) is 0 Å². The Hall–Kier alpha value is -0.690. The quantitative estimate of drug-likeness (QED) is 0.827. The molecule has 0 bridgehead atoms. The summed E-state index contributed by atoms with van der Waals surface area (Å²) in [5.74, 6) is -0.172. The highest BCUT2D eigenvalue weighted by atomic mass is 16.7. The van der Waals surface area contributed by atoms with Gasteiger partial charge in [-0.05, 0) is 48.5 Å². The molecule has 6 nitrogen and oxygen atoms in total. The number of rotatable bonds is 3. The van der Waals surface area contributed by atoms with E-state index in [1.165, 1.54) is 6.92 Å². The highest BCUT2D eigenvalue weighted by Crippen LogP contribution is 2.30. The predicted octanol–water partition coefficient (Wildman–Crippen LogP) is 1.60. The van der Waals surface area contributed by atoms with Crippen LogP contribution >= 0.6 is 0 Å². The van der Waals surface area contributed by atoms with Crippen molar-refractivity contribution in [3.8, 4) is 0 Å². The van der Waals surface area contributed by atoms with Gasteiger partial charge in [0.2, 0.25) is 5.91 Å². The molecule has 5 atom stereocenters. The topological polar surface area (TPSA) is 77.0 Å². The molecule has 6 heteroatoms. The second-order valence-electron chi connectivity index (χ2n) is 7.85. The number of hydrogen-bond donors (Lipinski definition) is 2. The minimum atomic E-state index is -1.11. The van der Waals surface area contributed by atoms with Crippen LogP contribution in [0.3, 0.4) is 0 Å². The minimum absolute atomic E-state index is 0.172. The molecule has 1 amide bonds. The molecule has 22 heavy (non-hydrogen) atoms. The van der Waals surface area contributed by atoms with Crippen molar-refractivity contribution in [3.63, 3.8) is 0 Å². The molecule has 1 fully saturated rings. The molecule has 1 rings (SSSR count). The first-order chi connectivity index (χ1) is 9.80. The molecule has 1 aliphatic rings. The van der Waals surface area contributed by atoms with Crippen LogP contribution in [0.2, 0.25) is 0 Å². The molecule has 1 aliphatic heterocycles. The molecule has 0 aromatic carbocycles. The van der Waals surface area contributed by atoms with Gasteiger partial charge in [-0.2, -0.15) is 0 Å². The number of carbonyl (C=O) groups excluding carboxylic acids is 1. The average Bonchev–Trinajstić information content (AvgIpc) is 2.25. The van der Waals surface area contributed by atoms with Crippen LogP contribution in [0.1, 0.15) is 55.4 Å². The smallest absolute Gasteiger partial charge is 0.217 e. The van der Waals surface area contributed by atoms with Crippen molar-refractivity contribution >= 4 is 5.91 Å². The molecule has 0 saturated carbocycles. The standard InChI is InChI=1S/C16H31NO5/c1-9-11(17-10(2)18)12(21-15(3,4)5)13(14(19)20-9)22-16(6,7)8/h9,11-14,19H,1-8H3,(H,17,18). The van der Waals surface area contributed by atoms with E-state index in [9.17, 15) is 9.90 Å². The zero-order valence-corrected chi connectivity index (χ0v) is 15.0. The van der Waals surface area contributed by atoms with Crippen LogP contribution in [0.25, 0.3) is 0 Å². The normalized spacial score (nSPS) is 33.6. The predicted molar refractivity (Wildman–Crippen MR) is 83.4 cm³/mol. The number of hydrogen-bond acceptors (Lipinski definition) is 5. The average molecular weight is 317 g/mol. The second kappa shape index (κ2) is 6.83. The molecule has 130 valence electrons. The van der Waals surface area contributed by atoms with Gasteiger partial charge in [-0.15, -0.1) is 0 Å². The number of ether oxygens (including phenoxy) is 3. The SMILES string of the molecule is CC(=O)NC1C(C)OC(O)C(OC(C)(C)C)C1OC(C)(C)C. The Bertz CT molecular complexity index is 385. The largest absolute Gasteiger partial charge is 0.367 e. The maximum absolute atomic E-state index is 11.5. The summed E-state index contributed by atoms with van der Waals surface area (Å²) in [6, 6.07) is -0.396. The third-order valence-corrected chi connectivity index (χ3v) is 3.17. The molecule has 1 heterocycles. The molecular weight excluding hydrogens is 286 g/mol. The second-order valence-corrected chi connectivity index (χ2v) is 7.85. The number of nitrogens with one attached hydrogen (secondary N) is 1. The Morgan fingerprint density at radius 2 is 1.50 bits per heavy atom. The summed E-state index contributed by atoms with van der Waals surface area (Å²) in [7, 11) is 0. The van der Waals surface area contributed by atoms with Gasteiger partial charge < -0.3 is 24.6 Å². The molecular formula is C16H31NO5. The van der Waals surface area contributed by atoms with Gasteiger partial charge in [-0.25, -0.2) is 0 Å².